The number of benzene rings is 5. The normalized spacial score (nSPS) is 10.4. The summed E-state index contributed by atoms with van der Waals surface area (Å²) >= 11 is 0. The van der Waals surface area contributed by atoms with Gasteiger partial charge in [-0.2, -0.15) is 0 Å². The highest BCUT2D eigenvalue weighted by Crippen LogP contribution is 2.37. The first-order chi connectivity index (χ1) is 25.0. The molecule has 0 aliphatic heterocycles. The lowest BCUT2D eigenvalue weighted by atomic mass is 9.89. The Morgan fingerprint density at radius 2 is 0.623 bits per heavy atom. The molecular weight excluding hydrogens is 665 g/mol. The van der Waals surface area contributed by atoms with E-state index in [2.05, 4.69) is 39.5 Å². The number of anilines is 4. The highest BCUT2D eigenvalue weighted by Gasteiger charge is 2.14. The van der Waals surface area contributed by atoms with Gasteiger partial charge in [0.05, 0.1) is 0 Å². The lowest BCUT2D eigenvalue weighted by molar-refractivity contribution is -0.115. The van der Waals surface area contributed by atoms with Crippen LogP contribution in [-0.2, 0) is 19.2 Å². The molecule has 4 amide bonds. The minimum Gasteiger partial charge on any atom is -0.326 e. The van der Waals surface area contributed by atoms with Crippen molar-refractivity contribution in [2.24, 2.45) is 0 Å². The lowest BCUT2D eigenvalue weighted by Gasteiger charge is -2.17. The Kier molecular flexibility index (Phi) is 12.8. The highest BCUT2D eigenvalue weighted by molar-refractivity contribution is 5.97. The Hall–Kier alpha value is -6.35. The van der Waals surface area contributed by atoms with Crippen LogP contribution < -0.4 is 21.3 Å². The Bertz CT molecular complexity index is 2040. The number of carbonyl (C=O) groups excluding carboxylic acids is 5. The van der Waals surface area contributed by atoms with Crippen molar-refractivity contribution >= 4 is 52.2 Å². The molecule has 9 nitrogen and oxygen atoms in total. The fourth-order valence-corrected chi connectivity index (χ4v) is 6.24. The largest absolute Gasteiger partial charge is 0.326 e. The summed E-state index contributed by atoms with van der Waals surface area (Å²) in [6, 6.07) is 29.5. The quantitative estimate of drug-likeness (QED) is 0.119. The standard InChI is InChI=1S/C33H33N3O3.C11H13NO2/c1-19-13-28(34-22(4)37)7-10-31(19)25-16-26(32-11-8-29(14-20(32)2)35-23(5)38)18-27(17-25)33-12-9-30(15-21(33)3)36-24(6)39;1-7-6-10(12-9(3)14)4-5-11(7)8(2)13/h7-18H,1-6H3,(H,34,37)(H,35,38)(H,36,39);4-6H,1-3H3,(H,12,14). The van der Waals surface area contributed by atoms with Gasteiger partial charge in [0.15, 0.2) is 5.78 Å². The molecular formula is C44H46N4O5. The number of rotatable bonds is 8. The van der Waals surface area contributed by atoms with E-state index in [-0.39, 0.29) is 29.4 Å². The van der Waals surface area contributed by atoms with E-state index in [1.54, 1.807) is 18.2 Å². The molecule has 0 heterocycles. The van der Waals surface area contributed by atoms with E-state index in [0.29, 0.717) is 5.56 Å². The second kappa shape index (κ2) is 17.2. The van der Waals surface area contributed by atoms with E-state index in [4.69, 9.17) is 0 Å². The summed E-state index contributed by atoms with van der Waals surface area (Å²) in [5, 5.41) is 11.2. The first-order valence-electron chi connectivity index (χ1n) is 17.2. The number of ketones is 1. The van der Waals surface area contributed by atoms with Crippen LogP contribution in [0.15, 0.2) is 91.0 Å². The van der Waals surface area contributed by atoms with E-state index in [1.165, 1.54) is 34.6 Å². The minimum absolute atomic E-state index is 0.0388. The highest BCUT2D eigenvalue weighted by atomic mass is 16.2. The molecule has 53 heavy (non-hydrogen) atoms. The predicted octanol–water partition coefficient (Wildman–Crippen LogP) is 9.64. The van der Waals surface area contributed by atoms with E-state index < -0.39 is 0 Å². The lowest BCUT2D eigenvalue weighted by Crippen LogP contribution is -2.06. The number of hydrogen-bond donors (Lipinski definition) is 4. The van der Waals surface area contributed by atoms with E-state index in [1.807, 2.05) is 82.3 Å². The molecule has 0 fully saturated rings. The zero-order valence-corrected chi connectivity index (χ0v) is 31.7. The summed E-state index contributed by atoms with van der Waals surface area (Å²) in [5.41, 5.74) is 14.0. The van der Waals surface area contributed by atoms with Crippen LogP contribution in [0.25, 0.3) is 33.4 Å². The fourth-order valence-electron chi connectivity index (χ4n) is 6.24. The molecule has 0 aromatic heterocycles. The van der Waals surface area contributed by atoms with Crippen molar-refractivity contribution in [2.45, 2.75) is 62.3 Å². The van der Waals surface area contributed by atoms with Crippen LogP contribution in [0.1, 0.15) is 67.2 Å². The average molecular weight is 711 g/mol. The Labute approximate surface area is 311 Å². The zero-order chi connectivity index (χ0) is 39.0. The molecule has 5 rings (SSSR count). The number of aryl methyl sites for hydroxylation is 4. The Balaban J connectivity index is 0.000000376. The molecule has 5 aromatic carbocycles. The number of hydrogen-bond acceptors (Lipinski definition) is 5. The van der Waals surface area contributed by atoms with Crippen LogP contribution in [-0.4, -0.2) is 29.4 Å². The third kappa shape index (κ3) is 10.8. The Morgan fingerprint density at radius 3 is 0.849 bits per heavy atom. The number of carbonyl (C=O) groups is 5. The van der Waals surface area contributed by atoms with Crippen LogP contribution in [0, 0.1) is 27.7 Å². The predicted molar refractivity (Wildman–Crippen MR) is 215 cm³/mol. The van der Waals surface area contributed by atoms with Crippen molar-refractivity contribution in [1.82, 2.24) is 0 Å². The molecule has 272 valence electrons. The van der Waals surface area contributed by atoms with Crippen molar-refractivity contribution < 1.29 is 24.0 Å². The summed E-state index contributed by atoms with van der Waals surface area (Å²) in [4.78, 5) is 56.5. The van der Waals surface area contributed by atoms with Crippen LogP contribution in [0.3, 0.4) is 0 Å². The van der Waals surface area contributed by atoms with E-state index >= 15 is 0 Å². The van der Waals surface area contributed by atoms with Crippen LogP contribution in [0.4, 0.5) is 22.7 Å². The van der Waals surface area contributed by atoms with Gasteiger partial charge in [0.25, 0.3) is 0 Å². The second-order valence-electron chi connectivity index (χ2n) is 13.2. The van der Waals surface area contributed by atoms with Crippen molar-refractivity contribution in [2.75, 3.05) is 21.3 Å². The molecule has 0 aliphatic carbocycles. The molecule has 9 heteroatoms. The van der Waals surface area contributed by atoms with Crippen molar-refractivity contribution in [3.63, 3.8) is 0 Å². The van der Waals surface area contributed by atoms with E-state index in [9.17, 15) is 24.0 Å². The summed E-state index contributed by atoms with van der Waals surface area (Å²) in [7, 11) is 0. The van der Waals surface area contributed by atoms with Crippen molar-refractivity contribution in [1.29, 1.82) is 0 Å². The van der Waals surface area contributed by atoms with Gasteiger partial charge in [-0.1, -0.05) is 18.2 Å². The minimum atomic E-state index is -0.111. The van der Waals surface area contributed by atoms with Gasteiger partial charge in [0.2, 0.25) is 23.6 Å². The maximum Gasteiger partial charge on any atom is 0.221 e. The third-order valence-electron chi connectivity index (χ3n) is 8.43. The number of Topliss-reactive ketones (excluding diaryl/α,β-unsaturated/α-hetero) is 1. The Morgan fingerprint density at radius 1 is 0.358 bits per heavy atom. The summed E-state index contributed by atoms with van der Waals surface area (Å²) in [5.74, 6) is -0.398. The first-order valence-corrected chi connectivity index (χ1v) is 17.2. The smallest absolute Gasteiger partial charge is 0.221 e. The molecule has 0 saturated carbocycles. The summed E-state index contributed by atoms with van der Waals surface area (Å²) < 4.78 is 0. The average Bonchev–Trinajstić information content (AvgIpc) is 3.04. The third-order valence-corrected chi connectivity index (χ3v) is 8.43. The fraction of sp³-hybridized carbons (Fsp3) is 0.205. The van der Waals surface area contributed by atoms with Gasteiger partial charge in [-0.05, 0) is 163 Å². The van der Waals surface area contributed by atoms with Gasteiger partial charge in [0, 0.05) is 56.0 Å². The van der Waals surface area contributed by atoms with Gasteiger partial charge in [-0.3, -0.25) is 24.0 Å². The van der Waals surface area contributed by atoms with Crippen LogP contribution in [0.5, 0.6) is 0 Å². The molecule has 0 unspecified atom stereocenters. The number of amides is 4. The number of nitrogens with one attached hydrogen (secondary N) is 4. The molecule has 4 N–H and O–H groups in total. The summed E-state index contributed by atoms with van der Waals surface area (Å²) in [6.45, 7) is 15.4. The molecule has 0 atom stereocenters. The summed E-state index contributed by atoms with van der Waals surface area (Å²) in [6.07, 6.45) is 0. The molecule has 0 aliphatic rings. The molecule has 5 aromatic rings. The van der Waals surface area contributed by atoms with Gasteiger partial charge in [-0.15, -0.1) is 0 Å². The molecule has 0 spiro atoms. The van der Waals surface area contributed by atoms with Gasteiger partial charge in [0.1, 0.15) is 0 Å². The monoisotopic (exact) mass is 710 g/mol. The molecule has 0 radical (unpaired) electrons. The van der Waals surface area contributed by atoms with Gasteiger partial charge >= 0.3 is 0 Å². The van der Waals surface area contributed by atoms with E-state index in [0.717, 1.165) is 78.4 Å². The van der Waals surface area contributed by atoms with Crippen LogP contribution in [0.2, 0.25) is 0 Å². The van der Waals surface area contributed by atoms with Gasteiger partial charge in [-0.25, -0.2) is 0 Å². The van der Waals surface area contributed by atoms with Crippen LogP contribution >= 0.6 is 0 Å². The van der Waals surface area contributed by atoms with Crippen molar-refractivity contribution in [3.8, 4) is 33.4 Å². The van der Waals surface area contributed by atoms with Crippen molar-refractivity contribution in [3.05, 3.63) is 119 Å². The molecule has 0 saturated heterocycles. The SMILES string of the molecule is CC(=O)Nc1ccc(-c2cc(-c3ccc(NC(C)=O)cc3C)cc(-c3ccc(NC(C)=O)cc3C)c2)c(C)c1.CC(=O)Nc1ccc(C(C)=O)c(C)c1. The topological polar surface area (TPSA) is 133 Å². The zero-order valence-electron chi connectivity index (χ0n) is 31.7. The maximum atomic E-state index is 11.6. The second-order valence-corrected chi connectivity index (χ2v) is 13.2. The molecule has 0 bridgehead atoms. The first kappa shape index (κ1) is 39.4. The maximum absolute atomic E-state index is 11.6. The van der Waals surface area contributed by atoms with Gasteiger partial charge < -0.3 is 21.3 Å².